The summed E-state index contributed by atoms with van der Waals surface area (Å²) < 4.78 is 24.5. The van der Waals surface area contributed by atoms with Crippen LogP contribution in [0.2, 0.25) is 0 Å². The van der Waals surface area contributed by atoms with Gasteiger partial charge in [0.25, 0.3) is 0 Å². The summed E-state index contributed by atoms with van der Waals surface area (Å²) in [4.78, 5) is 0.680. The zero-order valence-corrected chi connectivity index (χ0v) is 98.2. The summed E-state index contributed by atoms with van der Waals surface area (Å²) in [6, 6.07) is 80.6. The van der Waals surface area contributed by atoms with E-state index in [9.17, 15) is 8.42 Å². The number of hydrogen-bond acceptors (Lipinski definition) is 2. The molecule has 0 unspecified atom stereocenters. The van der Waals surface area contributed by atoms with Crippen molar-refractivity contribution in [3.63, 3.8) is 0 Å². The van der Waals surface area contributed by atoms with E-state index in [1.807, 2.05) is 13.8 Å². The first-order valence-electron chi connectivity index (χ1n) is 55.7. The van der Waals surface area contributed by atoms with E-state index in [1.54, 1.807) is 55.0 Å². The third-order valence-corrected chi connectivity index (χ3v) is 35.9. The summed E-state index contributed by atoms with van der Waals surface area (Å²) in [6.45, 7) is 80.6. The standard InChI is InChI=1S/C21H28.C18H22.C17H32.C17H20.C15H28.C15H16.C14H14O2S.C12H12.C7H16.C4H10/c1-13-9-19(10-14(2)17(13)5)21(7,8)20-11-15(3)18(6)16(4)12-20;1-11-7-17(8-12(2)15(11)5)18-9-13(3)16(6)14(4)10-18;2*1-13-5-9-15(10-6-13)17(3,4)16-11-7-14(2)8-12-16;2*1-12-3-7-14(8-4-12)11-15-9-5-13(2)6-10-15;1-11-3-7-13(8-4-11)17(15,16)14-9-5-12(2)6-10-14;1-9-6-7-12-10(2)4-3-5-11(12)8-9;1-5-7(3,4)6-2;1-3-4-2/h9-12H,1-8H3;7-10H,1-6H3;13-16H,5-12H2,1-4H3;5-12H,1-4H3;12-15H,3-11H2,1-2H3;3-10H,11H2,1-2H3;3-10H,1-2H3;3-8H,1-2H3;5-6H2,1-4H3;3-4H2,1-2H3. The van der Waals surface area contributed by atoms with Crippen molar-refractivity contribution in [2.45, 2.75) is 411 Å². The molecule has 0 aromatic heterocycles. The van der Waals surface area contributed by atoms with Crippen molar-refractivity contribution in [3.05, 3.63) is 375 Å². The number of sulfone groups is 1. The Hall–Kier alpha value is -9.15. The summed E-state index contributed by atoms with van der Waals surface area (Å²) in [5.41, 5.74) is 39.0. The van der Waals surface area contributed by atoms with Crippen LogP contribution in [0.3, 0.4) is 0 Å². The Morgan fingerprint density at radius 2 is 0.524 bits per heavy atom. The summed E-state index contributed by atoms with van der Waals surface area (Å²) >= 11 is 0. The number of hydrogen-bond donors (Lipinski definition) is 0. The Balaban J connectivity index is 0.000000219. The highest BCUT2D eigenvalue weighted by Gasteiger charge is 2.40. The molecule has 4 aliphatic rings. The molecule has 4 saturated carbocycles. The smallest absolute Gasteiger partial charge is 0.206 e. The molecule has 2 nitrogen and oxygen atoms in total. The lowest BCUT2D eigenvalue weighted by atomic mass is 9.59. The normalized spacial score (nSPS) is 17.8. The van der Waals surface area contributed by atoms with Crippen LogP contribution >= 0.6 is 0 Å². The molecule has 0 radical (unpaired) electrons. The van der Waals surface area contributed by atoms with Crippen molar-refractivity contribution < 1.29 is 8.42 Å². The molecular formula is C140H198O2S. The summed E-state index contributed by atoms with van der Waals surface area (Å²) in [5.74, 6) is 8.25. The maximum absolute atomic E-state index is 12.3. The van der Waals surface area contributed by atoms with E-state index < -0.39 is 9.84 Å². The lowest BCUT2D eigenvalue weighted by molar-refractivity contribution is 0.0421. The maximum Gasteiger partial charge on any atom is 0.206 e. The van der Waals surface area contributed by atoms with Crippen LogP contribution in [0.15, 0.2) is 240 Å². The van der Waals surface area contributed by atoms with Crippen LogP contribution in [0.4, 0.5) is 0 Å². The first kappa shape index (κ1) is 121. The van der Waals surface area contributed by atoms with Gasteiger partial charge in [-0.25, -0.2) is 8.42 Å². The van der Waals surface area contributed by atoms with Crippen molar-refractivity contribution in [3.8, 4) is 11.1 Å². The molecule has 143 heavy (non-hydrogen) atoms. The van der Waals surface area contributed by atoms with Crippen molar-refractivity contribution in [1.29, 1.82) is 0 Å². The monoisotopic (exact) mass is 1940 g/mol. The van der Waals surface area contributed by atoms with Crippen molar-refractivity contribution in [2.24, 2.45) is 58.2 Å². The van der Waals surface area contributed by atoms with E-state index >= 15 is 0 Å². The number of benzene rings is 12. The maximum atomic E-state index is 12.3. The first-order chi connectivity index (χ1) is 67.3. The summed E-state index contributed by atoms with van der Waals surface area (Å²) in [7, 11) is -3.37. The molecule has 0 aliphatic heterocycles. The fourth-order valence-corrected chi connectivity index (χ4v) is 21.7. The molecule has 0 bridgehead atoms. The SMILES string of the molecule is CC1CCC(C(C)(C)C2CCC(C)CC2)CC1.CC1CCC(CC2CCC(C)CC2)CC1.CCC(C)(C)CC.CCCC.Cc1cc(-c2cc(C)c(C)c(C)c2)cc(C)c1C.Cc1cc(C(C)(C)c2cc(C)c(C)c(C)c2)cc(C)c1C.Cc1ccc(C(C)(C)c2ccc(C)cc2)cc1.Cc1ccc(Cc2ccc(C)cc2)cc1.Cc1ccc(S(=O)(=O)c2ccc(C)cc2)cc1.Cc1ccc2c(C)cccc2c1. The third-order valence-electron chi connectivity index (χ3n) is 34.1. The number of fused-ring (bicyclic) bond motifs is 1. The largest absolute Gasteiger partial charge is 0.219 e. The minimum absolute atomic E-state index is 0.0342. The Labute approximate surface area is 878 Å². The number of aryl methyl sites for hydroxylation is 16. The van der Waals surface area contributed by atoms with Gasteiger partial charge in [-0.3, -0.25) is 0 Å². The predicted molar refractivity (Wildman–Crippen MR) is 632 cm³/mol. The summed E-state index contributed by atoms with van der Waals surface area (Å²) in [5, 5.41) is 2.71. The Kier molecular flexibility index (Phi) is 48.4. The molecule has 0 spiro atoms. The molecule has 0 amide bonds. The van der Waals surface area contributed by atoms with Gasteiger partial charge in [-0.2, -0.15) is 0 Å². The minimum atomic E-state index is -3.37. The highest BCUT2D eigenvalue weighted by Crippen LogP contribution is 2.50. The predicted octanol–water partition coefficient (Wildman–Crippen LogP) is 41.5. The molecule has 4 fully saturated rings. The molecule has 0 N–H and O–H groups in total. The molecule has 12 aromatic rings. The second kappa shape index (κ2) is 57.3. The van der Waals surface area contributed by atoms with E-state index in [4.69, 9.17) is 0 Å². The van der Waals surface area contributed by atoms with Gasteiger partial charge in [0.15, 0.2) is 0 Å². The third kappa shape index (κ3) is 37.9. The molecule has 3 heteroatoms. The Bertz CT molecular complexity index is 5510. The van der Waals surface area contributed by atoms with Crippen LogP contribution in [-0.4, -0.2) is 8.42 Å². The van der Waals surface area contributed by atoms with Crippen LogP contribution in [-0.2, 0) is 27.1 Å². The van der Waals surface area contributed by atoms with E-state index in [1.165, 1.54) is 284 Å². The molecule has 0 saturated heterocycles. The molecule has 0 atom stereocenters. The zero-order valence-electron chi connectivity index (χ0n) is 97.3. The van der Waals surface area contributed by atoms with Crippen LogP contribution in [0.1, 0.15) is 390 Å². The number of unbranched alkanes of at least 4 members (excludes halogenated alkanes) is 1. The molecule has 0 heterocycles. The van der Waals surface area contributed by atoms with Gasteiger partial charge in [0.05, 0.1) is 9.79 Å². The topological polar surface area (TPSA) is 34.1 Å². The van der Waals surface area contributed by atoms with E-state index in [2.05, 4.69) is 417 Å². The van der Waals surface area contributed by atoms with Gasteiger partial charge in [0.1, 0.15) is 0 Å². The Morgan fingerprint density at radius 3 is 0.804 bits per heavy atom. The van der Waals surface area contributed by atoms with E-state index in [0.29, 0.717) is 20.6 Å². The highest BCUT2D eigenvalue weighted by molar-refractivity contribution is 7.91. The van der Waals surface area contributed by atoms with Gasteiger partial charge in [0.2, 0.25) is 9.84 Å². The average Bonchev–Trinajstić information content (AvgIpc) is 0.781. The van der Waals surface area contributed by atoms with Crippen molar-refractivity contribution in [1.82, 2.24) is 0 Å². The minimum Gasteiger partial charge on any atom is -0.219 e. The molecule has 12 aromatic carbocycles. The lowest BCUT2D eigenvalue weighted by Crippen LogP contribution is -2.36. The van der Waals surface area contributed by atoms with E-state index in [-0.39, 0.29) is 10.8 Å². The van der Waals surface area contributed by atoms with Crippen LogP contribution in [0.5, 0.6) is 0 Å². The fourth-order valence-electron chi connectivity index (χ4n) is 20.4. The van der Waals surface area contributed by atoms with Gasteiger partial charge in [0, 0.05) is 10.8 Å². The van der Waals surface area contributed by atoms with Crippen molar-refractivity contribution in [2.75, 3.05) is 0 Å². The van der Waals surface area contributed by atoms with Gasteiger partial charge in [-0.1, -0.05) is 459 Å². The quantitative estimate of drug-likeness (QED) is 0.0966. The number of rotatable bonds is 16. The Morgan fingerprint density at radius 1 is 0.266 bits per heavy atom. The molecule has 4 aliphatic carbocycles. The first-order valence-corrected chi connectivity index (χ1v) is 57.2. The van der Waals surface area contributed by atoms with Crippen molar-refractivity contribution >= 4 is 20.6 Å². The van der Waals surface area contributed by atoms with Crippen LogP contribution < -0.4 is 0 Å². The van der Waals surface area contributed by atoms with Gasteiger partial charge in [-0.05, 0) is 387 Å². The van der Waals surface area contributed by atoms with Gasteiger partial charge in [-0.15, -0.1) is 0 Å². The zero-order chi connectivity index (χ0) is 106. The molecular weight excluding hydrogens is 1750 g/mol. The molecule has 776 valence electrons. The second-order valence-corrected chi connectivity index (χ2v) is 49.5. The van der Waals surface area contributed by atoms with Crippen LogP contribution in [0, 0.1) is 197 Å². The van der Waals surface area contributed by atoms with Crippen LogP contribution in [0.25, 0.3) is 21.9 Å². The van der Waals surface area contributed by atoms with Gasteiger partial charge >= 0.3 is 0 Å². The van der Waals surface area contributed by atoms with Gasteiger partial charge < -0.3 is 0 Å². The average molecular weight is 1950 g/mol. The molecule has 16 rings (SSSR count). The highest BCUT2D eigenvalue weighted by atomic mass is 32.2. The second-order valence-electron chi connectivity index (χ2n) is 47.6. The lowest BCUT2D eigenvalue weighted by Gasteiger charge is -2.46. The fraction of sp³-hybridized carbons (Fsp3) is 0.500. The van der Waals surface area contributed by atoms with E-state index in [0.717, 1.165) is 64.9 Å². The summed E-state index contributed by atoms with van der Waals surface area (Å²) in [6.07, 6.45) is 31.9.